The third-order valence-corrected chi connectivity index (χ3v) is 4.12. The number of rotatable bonds is 5. The second kappa shape index (κ2) is 7.33. The first-order valence-corrected chi connectivity index (χ1v) is 7.78. The van der Waals surface area contributed by atoms with Gasteiger partial charge in [0.2, 0.25) is 5.91 Å². The average Bonchev–Trinajstić information content (AvgIpc) is 2.46. The molecular weight excluding hydrogens is 308 g/mol. The number of halogens is 1. The van der Waals surface area contributed by atoms with E-state index in [1.54, 1.807) is 24.3 Å². The van der Waals surface area contributed by atoms with Gasteiger partial charge in [0.15, 0.2) is 6.20 Å². The first-order chi connectivity index (χ1) is 10.1. The summed E-state index contributed by atoms with van der Waals surface area (Å²) in [6, 6.07) is 12.3. The molecule has 0 aliphatic rings. The van der Waals surface area contributed by atoms with Crippen LogP contribution in [-0.4, -0.2) is 11.7 Å². The predicted molar refractivity (Wildman–Crippen MR) is 84.1 cm³/mol. The highest BCUT2D eigenvalue weighted by molar-refractivity contribution is 7.99. The van der Waals surface area contributed by atoms with E-state index in [0.717, 1.165) is 10.3 Å². The number of hydrogen-bond acceptors (Lipinski definition) is 3. The third-order valence-electron chi connectivity index (χ3n) is 2.87. The van der Waals surface area contributed by atoms with Gasteiger partial charge in [0.05, 0.1) is 11.8 Å². The summed E-state index contributed by atoms with van der Waals surface area (Å²) in [4.78, 5) is 11.9. The number of pyridine rings is 1. The fraction of sp³-hybridized carbons (Fsp3) is 0.200. The molecule has 0 saturated heterocycles. The molecule has 1 aromatic carbocycles. The van der Waals surface area contributed by atoms with E-state index in [4.69, 9.17) is 11.6 Å². The Kier molecular flexibility index (Phi) is 5.47. The lowest BCUT2D eigenvalue weighted by Crippen LogP contribution is -2.31. The molecular formula is C15H15ClN2O2S. The zero-order chi connectivity index (χ0) is 15.2. The van der Waals surface area contributed by atoms with Crippen LogP contribution in [0.2, 0.25) is 5.02 Å². The maximum Gasteiger partial charge on any atom is 0.251 e. The Morgan fingerprint density at radius 3 is 2.90 bits per heavy atom. The molecule has 0 spiro atoms. The summed E-state index contributed by atoms with van der Waals surface area (Å²) < 4.78 is 0.748. The molecule has 6 heteroatoms. The molecule has 0 saturated carbocycles. The summed E-state index contributed by atoms with van der Waals surface area (Å²) in [5.74, 6) is 0.0632. The van der Waals surface area contributed by atoms with Crippen molar-refractivity contribution in [1.29, 1.82) is 0 Å². The number of nitrogens with one attached hydrogen (secondary N) is 1. The smallest absolute Gasteiger partial charge is 0.251 e. The molecule has 0 radical (unpaired) electrons. The second-order valence-corrected chi connectivity index (χ2v) is 5.93. The topological polar surface area (TPSA) is 56.0 Å². The maximum atomic E-state index is 11.9. The lowest BCUT2D eigenvalue weighted by atomic mass is 10.1. The van der Waals surface area contributed by atoms with Gasteiger partial charge in [-0.3, -0.25) is 4.79 Å². The molecule has 0 aliphatic carbocycles. The van der Waals surface area contributed by atoms with Gasteiger partial charge >= 0.3 is 0 Å². The quantitative estimate of drug-likeness (QED) is 0.523. The normalized spacial score (nSPS) is 11.9. The Morgan fingerprint density at radius 1 is 1.38 bits per heavy atom. The molecule has 1 atom stereocenters. The van der Waals surface area contributed by atoms with Crippen LogP contribution in [0.3, 0.4) is 0 Å². The van der Waals surface area contributed by atoms with E-state index in [1.165, 1.54) is 18.0 Å². The molecule has 1 N–H and O–H groups in total. The van der Waals surface area contributed by atoms with Crippen LogP contribution in [0.1, 0.15) is 18.5 Å². The van der Waals surface area contributed by atoms with Gasteiger partial charge in [0.25, 0.3) is 5.03 Å². The number of nitrogens with zero attached hydrogens (tertiary/aromatic N) is 1. The molecule has 0 unspecified atom stereocenters. The number of carbonyl (C=O) groups excluding carboxylic acids is 1. The molecule has 4 nitrogen and oxygen atoms in total. The van der Waals surface area contributed by atoms with Crippen molar-refractivity contribution < 1.29 is 9.52 Å². The molecule has 110 valence electrons. The fourth-order valence-corrected chi connectivity index (χ4v) is 2.73. The number of amides is 1. The average molecular weight is 323 g/mol. The van der Waals surface area contributed by atoms with Crippen molar-refractivity contribution in [2.24, 2.45) is 0 Å². The van der Waals surface area contributed by atoms with E-state index in [2.05, 4.69) is 5.32 Å². The monoisotopic (exact) mass is 322 g/mol. The second-order valence-electron chi connectivity index (χ2n) is 4.50. The molecule has 21 heavy (non-hydrogen) atoms. The minimum atomic E-state index is -0.132. The van der Waals surface area contributed by atoms with Crippen LogP contribution in [0.15, 0.2) is 53.7 Å². The Hall–Kier alpha value is -1.72. The van der Waals surface area contributed by atoms with E-state index in [1.807, 2.05) is 25.1 Å². The van der Waals surface area contributed by atoms with Crippen molar-refractivity contribution in [1.82, 2.24) is 5.32 Å². The van der Waals surface area contributed by atoms with Crippen molar-refractivity contribution in [2.75, 3.05) is 5.75 Å². The van der Waals surface area contributed by atoms with Crippen molar-refractivity contribution >= 4 is 29.3 Å². The Balaban J connectivity index is 1.89. The lowest BCUT2D eigenvalue weighted by Gasteiger charge is -2.14. The van der Waals surface area contributed by atoms with Gasteiger partial charge in [-0.2, -0.15) is 4.73 Å². The van der Waals surface area contributed by atoms with Crippen LogP contribution >= 0.6 is 23.4 Å². The molecule has 0 fully saturated rings. The first-order valence-electron chi connectivity index (χ1n) is 6.42. The molecule has 2 rings (SSSR count). The molecule has 1 amide bonds. The van der Waals surface area contributed by atoms with Crippen molar-refractivity contribution in [3.8, 4) is 0 Å². The van der Waals surface area contributed by atoms with Crippen molar-refractivity contribution in [3.05, 3.63) is 64.5 Å². The summed E-state index contributed by atoms with van der Waals surface area (Å²) in [7, 11) is 0. The number of thioether (sulfide) groups is 1. The van der Waals surface area contributed by atoms with E-state index >= 15 is 0 Å². The van der Waals surface area contributed by atoms with E-state index in [9.17, 15) is 10.0 Å². The Labute approximate surface area is 132 Å². The van der Waals surface area contributed by atoms with E-state index in [-0.39, 0.29) is 17.7 Å². The van der Waals surface area contributed by atoms with E-state index < -0.39 is 0 Å². The predicted octanol–water partition coefficient (Wildman–Crippen LogP) is 2.94. The van der Waals surface area contributed by atoms with Gasteiger partial charge in [0.1, 0.15) is 0 Å². The molecule has 2 aromatic rings. The maximum absolute atomic E-state index is 11.9. The fourth-order valence-electron chi connectivity index (χ4n) is 1.81. The van der Waals surface area contributed by atoms with Crippen LogP contribution in [0.25, 0.3) is 0 Å². The zero-order valence-electron chi connectivity index (χ0n) is 11.5. The highest BCUT2D eigenvalue weighted by Crippen LogP contribution is 2.18. The van der Waals surface area contributed by atoms with Crippen molar-refractivity contribution in [3.63, 3.8) is 0 Å². The summed E-state index contributed by atoms with van der Waals surface area (Å²) >= 11 is 7.14. The van der Waals surface area contributed by atoms with Gasteiger partial charge < -0.3 is 10.5 Å². The third kappa shape index (κ3) is 4.65. The van der Waals surface area contributed by atoms with Crippen LogP contribution in [0.4, 0.5) is 0 Å². The number of hydrogen-bond donors (Lipinski definition) is 1. The van der Waals surface area contributed by atoms with Crippen LogP contribution in [0, 0.1) is 5.21 Å². The van der Waals surface area contributed by atoms with Gasteiger partial charge in [-0.1, -0.05) is 23.7 Å². The highest BCUT2D eigenvalue weighted by Gasteiger charge is 2.12. The highest BCUT2D eigenvalue weighted by atomic mass is 35.5. The van der Waals surface area contributed by atoms with Gasteiger partial charge in [-0.05, 0) is 42.4 Å². The molecule has 1 heterocycles. The van der Waals surface area contributed by atoms with E-state index in [0.29, 0.717) is 10.0 Å². The van der Waals surface area contributed by atoms with Crippen LogP contribution in [-0.2, 0) is 4.79 Å². The largest absolute Gasteiger partial charge is 0.618 e. The van der Waals surface area contributed by atoms with Crippen molar-refractivity contribution in [2.45, 2.75) is 18.0 Å². The minimum Gasteiger partial charge on any atom is -0.618 e. The zero-order valence-corrected chi connectivity index (χ0v) is 13.0. The van der Waals surface area contributed by atoms with Gasteiger partial charge in [0, 0.05) is 17.2 Å². The number of carbonyl (C=O) groups is 1. The molecule has 0 aliphatic heterocycles. The summed E-state index contributed by atoms with van der Waals surface area (Å²) in [6.07, 6.45) is 1.41. The van der Waals surface area contributed by atoms with Crippen LogP contribution < -0.4 is 10.0 Å². The lowest BCUT2D eigenvalue weighted by molar-refractivity contribution is -0.645. The molecule has 1 aromatic heterocycles. The Morgan fingerprint density at radius 2 is 2.19 bits per heavy atom. The summed E-state index contributed by atoms with van der Waals surface area (Å²) in [5.41, 5.74) is 0.944. The number of aromatic nitrogens is 1. The van der Waals surface area contributed by atoms with Crippen LogP contribution in [0.5, 0.6) is 0 Å². The Bertz CT molecular complexity index is 637. The summed E-state index contributed by atoms with van der Waals surface area (Å²) in [6.45, 7) is 1.89. The van der Waals surface area contributed by atoms with Gasteiger partial charge in [-0.25, -0.2) is 0 Å². The van der Waals surface area contributed by atoms with Gasteiger partial charge in [-0.15, -0.1) is 0 Å². The standard InChI is InChI=1S/C15H15ClN2O2S/c1-11(12-5-4-6-13(16)9-12)17-14(19)10-21-15-7-2-3-8-18(15)20/h2-9,11H,10H2,1H3,(H,17,19)/t11-/m1/s1. The SMILES string of the molecule is C[C@@H](NC(=O)CSc1cccc[n+]1[O-])c1cccc(Cl)c1. The minimum absolute atomic E-state index is 0.128. The molecule has 0 bridgehead atoms. The number of benzene rings is 1. The first kappa shape index (κ1) is 15.7. The summed E-state index contributed by atoms with van der Waals surface area (Å²) in [5, 5.41) is 15.5.